The number of methoxy groups -OCH3 is 1. The quantitative estimate of drug-likeness (QED) is 0.524. The first kappa shape index (κ1) is 23.0. The molecule has 0 radical (unpaired) electrons. The summed E-state index contributed by atoms with van der Waals surface area (Å²) in [7, 11) is 1.68. The number of benzene rings is 2. The maximum Gasteiger partial charge on any atom is 0.319 e. The Morgan fingerprint density at radius 2 is 1.88 bits per heavy atom. The predicted molar refractivity (Wildman–Crippen MR) is 134 cm³/mol. The van der Waals surface area contributed by atoms with Gasteiger partial charge in [0, 0.05) is 43.3 Å². The Bertz CT molecular complexity index is 1070. The van der Waals surface area contributed by atoms with Gasteiger partial charge >= 0.3 is 6.03 Å². The molecular formula is C25H31N5O2S. The molecule has 2 amide bonds. The van der Waals surface area contributed by atoms with E-state index in [1.165, 1.54) is 11.5 Å². The number of anilines is 2. The van der Waals surface area contributed by atoms with Crippen LogP contribution in [0.15, 0.2) is 42.5 Å². The molecule has 7 nitrogen and oxygen atoms in total. The second-order valence-corrected chi connectivity index (χ2v) is 9.28. The van der Waals surface area contributed by atoms with Crippen LogP contribution in [-0.4, -0.2) is 42.1 Å². The SMILES string of the molecule is COc1cccc(Cc2nsc(N3CCC(CNC(=O)Nc4c(C)cccc4C)CC3)n2)c1. The van der Waals surface area contributed by atoms with Crippen molar-refractivity contribution in [3.63, 3.8) is 0 Å². The highest BCUT2D eigenvalue weighted by Gasteiger charge is 2.22. The Balaban J connectivity index is 1.23. The second-order valence-electron chi connectivity index (χ2n) is 8.55. The number of nitrogens with zero attached hydrogens (tertiary/aromatic N) is 3. The number of aryl methyl sites for hydroxylation is 2. The van der Waals surface area contributed by atoms with Gasteiger partial charge in [0.1, 0.15) is 11.6 Å². The lowest BCUT2D eigenvalue weighted by atomic mass is 9.97. The number of amides is 2. The minimum atomic E-state index is -0.138. The summed E-state index contributed by atoms with van der Waals surface area (Å²) >= 11 is 1.46. The average Bonchev–Trinajstić information content (AvgIpc) is 3.29. The number of nitrogens with one attached hydrogen (secondary N) is 2. The Kier molecular flexibility index (Phi) is 7.44. The van der Waals surface area contributed by atoms with Gasteiger partial charge in [0.05, 0.1) is 7.11 Å². The van der Waals surface area contributed by atoms with Crippen molar-refractivity contribution in [3.05, 3.63) is 65.0 Å². The summed E-state index contributed by atoms with van der Waals surface area (Å²) in [6.07, 6.45) is 2.74. The molecule has 2 N–H and O–H groups in total. The number of ether oxygens (including phenoxy) is 1. The maximum absolute atomic E-state index is 12.4. The zero-order valence-corrected chi connectivity index (χ0v) is 20.2. The molecule has 2 heterocycles. The highest BCUT2D eigenvalue weighted by atomic mass is 32.1. The molecular weight excluding hydrogens is 434 g/mol. The molecule has 1 saturated heterocycles. The Hall–Kier alpha value is -3.13. The number of carbonyl (C=O) groups excluding carboxylic acids is 1. The summed E-state index contributed by atoms with van der Waals surface area (Å²) in [6.45, 7) is 6.56. The number of piperidine rings is 1. The van der Waals surface area contributed by atoms with E-state index >= 15 is 0 Å². The molecule has 2 aromatic carbocycles. The number of para-hydroxylation sites is 1. The van der Waals surface area contributed by atoms with E-state index in [1.54, 1.807) is 7.11 Å². The van der Waals surface area contributed by atoms with Crippen LogP contribution in [0.4, 0.5) is 15.6 Å². The fourth-order valence-corrected chi connectivity index (χ4v) is 4.88. The van der Waals surface area contributed by atoms with Crippen molar-refractivity contribution in [2.45, 2.75) is 33.1 Å². The monoisotopic (exact) mass is 465 g/mol. The number of hydrogen-bond acceptors (Lipinski definition) is 6. The van der Waals surface area contributed by atoms with Gasteiger partial charge in [-0.25, -0.2) is 9.78 Å². The number of aromatic nitrogens is 2. The molecule has 0 saturated carbocycles. The van der Waals surface area contributed by atoms with E-state index in [0.717, 1.165) is 65.0 Å². The molecule has 3 aromatic rings. The lowest BCUT2D eigenvalue weighted by molar-refractivity contribution is 0.248. The zero-order valence-electron chi connectivity index (χ0n) is 19.4. The van der Waals surface area contributed by atoms with E-state index in [0.29, 0.717) is 18.9 Å². The van der Waals surface area contributed by atoms with E-state index < -0.39 is 0 Å². The van der Waals surface area contributed by atoms with Crippen molar-refractivity contribution in [1.82, 2.24) is 14.7 Å². The van der Waals surface area contributed by atoms with Gasteiger partial charge in [0.2, 0.25) is 5.13 Å². The van der Waals surface area contributed by atoms with Crippen molar-refractivity contribution in [2.75, 3.05) is 37.0 Å². The molecule has 0 spiro atoms. The molecule has 0 bridgehead atoms. The maximum atomic E-state index is 12.4. The highest BCUT2D eigenvalue weighted by Crippen LogP contribution is 2.26. The van der Waals surface area contributed by atoms with Crippen molar-refractivity contribution >= 4 is 28.4 Å². The van der Waals surface area contributed by atoms with Crippen LogP contribution in [0.2, 0.25) is 0 Å². The van der Waals surface area contributed by atoms with E-state index in [9.17, 15) is 4.79 Å². The van der Waals surface area contributed by atoms with E-state index in [2.05, 4.69) is 26.0 Å². The largest absolute Gasteiger partial charge is 0.497 e. The topological polar surface area (TPSA) is 79.4 Å². The van der Waals surface area contributed by atoms with Gasteiger partial charge in [0.15, 0.2) is 0 Å². The molecule has 0 unspecified atom stereocenters. The molecule has 174 valence electrons. The van der Waals surface area contributed by atoms with Crippen molar-refractivity contribution < 1.29 is 9.53 Å². The third-order valence-electron chi connectivity index (χ3n) is 6.11. The van der Waals surface area contributed by atoms with Gasteiger partial charge in [-0.1, -0.05) is 30.3 Å². The minimum absolute atomic E-state index is 0.138. The fourth-order valence-electron chi connectivity index (χ4n) is 4.14. The van der Waals surface area contributed by atoms with Crippen molar-refractivity contribution in [1.29, 1.82) is 0 Å². The summed E-state index contributed by atoms with van der Waals surface area (Å²) < 4.78 is 9.86. The Morgan fingerprint density at radius 3 is 2.61 bits per heavy atom. The zero-order chi connectivity index (χ0) is 23.2. The Labute approximate surface area is 199 Å². The van der Waals surface area contributed by atoms with Gasteiger partial charge in [-0.05, 0) is 61.4 Å². The average molecular weight is 466 g/mol. The second kappa shape index (κ2) is 10.7. The van der Waals surface area contributed by atoms with Gasteiger partial charge < -0.3 is 20.3 Å². The molecule has 1 aliphatic rings. The number of urea groups is 1. The standard InChI is InChI=1S/C25H31N5O2S/c1-17-6-4-7-18(2)23(17)28-24(31)26-16-19-10-12-30(13-11-19)25-27-22(29-33-25)15-20-8-5-9-21(14-20)32-3/h4-9,14,19H,10-13,15-16H2,1-3H3,(H2,26,28,31). The molecule has 1 aliphatic heterocycles. The third kappa shape index (κ3) is 6.01. The van der Waals surface area contributed by atoms with Gasteiger partial charge in [-0.3, -0.25) is 0 Å². The number of hydrogen-bond donors (Lipinski definition) is 2. The molecule has 33 heavy (non-hydrogen) atoms. The molecule has 1 aromatic heterocycles. The summed E-state index contributed by atoms with van der Waals surface area (Å²) in [5.74, 6) is 2.16. The summed E-state index contributed by atoms with van der Waals surface area (Å²) in [4.78, 5) is 19.4. The van der Waals surface area contributed by atoms with E-state index in [-0.39, 0.29) is 6.03 Å². The van der Waals surface area contributed by atoms with Crippen LogP contribution in [0.25, 0.3) is 0 Å². The van der Waals surface area contributed by atoms with Crippen LogP contribution in [0.5, 0.6) is 5.75 Å². The lowest BCUT2D eigenvalue weighted by Gasteiger charge is -2.31. The predicted octanol–water partition coefficient (Wildman–Crippen LogP) is 4.79. The van der Waals surface area contributed by atoms with E-state index in [1.807, 2.05) is 50.2 Å². The molecule has 1 fully saturated rings. The molecule has 8 heteroatoms. The van der Waals surface area contributed by atoms with Crippen LogP contribution in [0.3, 0.4) is 0 Å². The summed E-state index contributed by atoms with van der Waals surface area (Å²) in [5, 5.41) is 7.02. The van der Waals surface area contributed by atoms with Gasteiger partial charge in [-0.2, -0.15) is 4.37 Å². The first-order valence-electron chi connectivity index (χ1n) is 11.3. The first-order valence-corrected chi connectivity index (χ1v) is 12.1. The smallest absolute Gasteiger partial charge is 0.319 e. The number of rotatable bonds is 7. The van der Waals surface area contributed by atoms with Gasteiger partial charge in [0.25, 0.3) is 0 Å². The molecule has 4 rings (SSSR count). The minimum Gasteiger partial charge on any atom is -0.497 e. The van der Waals surface area contributed by atoms with Gasteiger partial charge in [-0.15, -0.1) is 0 Å². The van der Waals surface area contributed by atoms with Crippen molar-refractivity contribution in [2.24, 2.45) is 5.92 Å². The summed E-state index contributed by atoms with van der Waals surface area (Å²) in [6, 6.07) is 13.9. The third-order valence-corrected chi connectivity index (χ3v) is 6.92. The lowest BCUT2D eigenvalue weighted by Crippen LogP contribution is -2.40. The van der Waals surface area contributed by atoms with Crippen LogP contribution in [-0.2, 0) is 6.42 Å². The first-order chi connectivity index (χ1) is 16.0. The van der Waals surface area contributed by atoms with Crippen LogP contribution >= 0.6 is 11.5 Å². The fraction of sp³-hybridized carbons (Fsp3) is 0.400. The van der Waals surface area contributed by atoms with Crippen LogP contribution < -0.4 is 20.3 Å². The summed E-state index contributed by atoms with van der Waals surface area (Å²) in [5.41, 5.74) is 4.18. The van der Waals surface area contributed by atoms with E-state index in [4.69, 9.17) is 9.72 Å². The number of carbonyl (C=O) groups is 1. The molecule has 0 atom stereocenters. The normalized spacial score (nSPS) is 14.2. The van der Waals surface area contributed by atoms with Crippen LogP contribution in [0.1, 0.15) is 35.4 Å². The highest BCUT2D eigenvalue weighted by molar-refractivity contribution is 7.09. The molecule has 0 aliphatic carbocycles. The van der Waals surface area contributed by atoms with Crippen molar-refractivity contribution in [3.8, 4) is 5.75 Å². The van der Waals surface area contributed by atoms with Crippen LogP contribution in [0, 0.1) is 19.8 Å². The Morgan fingerprint density at radius 1 is 1.15 bits per heavy atom.